The Hall–Kier alpha value is -1.29. The molecule has 1 rings (SSSR count). The minimum Gasteiger partial charge on any atom is -0.756 e. The van der Waals surface area contributed by atoms with E-state index in [4.69, 9.17) is 23.3 Å². The van der Waals surface area contributed by atoms with E-state index >= 15 is 0 Å². The van der Waals surface area contributed by atoms with Crippen molar-refractivity contribution in [3.8, 4) is 0 Å². The fourth-order valence-electron chi connectivity index (χ4n) is 6.01. The van der Waals surface area contributed by atoms with Crippen molar-refractivity contribution in [3.63, 3.8) is 0 Å². The van der Waals surface area contributed by atoms with E-state index in [1.165, 1.54) is 83.5 Å². The highest BCUT2D eigenvalue weighted by molar-refractivity contribution is 7.45. The molecular formula is C41H78NO9P. The first-order chi connectivity index (χ1) is 25.0. The van der Waals surface area contributed by atoms with Crippen LogP contribution in [0.5, 0.6) is 0 Å². The Labute approximate surface area is 318 Å². The fourth-order valence-corrected chi connectivity index (χ4v) is 6.74. The molecule has 0 radical (unpaired) electrons. The number of carbonyl (C=O) groups excluding carboxylic acids is 2. The Morgan fingerprint density at radius 3 is 1.83 bits per heavy atom. The second-order valence-corrected chi connectivity index (χ2v) is 17.2. The summed E-state index contributed by atoms with van der Waals surface area (Å²) >= 11 is 0. The zero-order chi connectivity index (χ0) is 38.3. The number of epoxide rings is 1. The van der Waals surface area contributed by atoms with Crippen molar-refractivity contribution in [1.82, 2.24) is 0 Å². The van der Waals surface area contributed by atoms with Gasteiger partial charge in [0.25, 0.3) is 7.82 Å². The lowest BCUT2D eigenvalue weighted by Gasteiger charge is -2.28. The normalized spacial score (nSPS) is 17.7. The zero-order valence-electron chi connectivity index (χ0n) is 34.0. The summed E-state index contributed by atoms with van der Waals surface area (Å²) in [5, 5.41) is 0. The van der Waals surface area contributed by atoms with Gasteiger partial charge in [-0.3, -0.25) is 14.2 Å². The molecule has 306 valence electrons. The van der Waals surface area contributed by atoms with Gasteiger partial charge in [0, 0.05) is 12.8 Å². The average molecular weight is 760 g/mol. The van der Waals surface area contributed by atoms with Crippen LogP contribution in [-0.4, -0.2) is 82.2 Å². The van der Waals surface area contributed by atoms with Gasteiger partial charge in [0.15, 0.2) is 6.10 Å². The monoisotopic (exact) mass is 760 g/mol. The molecule has 1 heterocycles. The Balaban J connectivity index is 2.29. The topological polar surface area (TPSA) is 124 Å². The second-order valence-electron chi connectivity index (χ2n) is 15.7. The summed E-state index contributed by atoms with van der Waals surface area (Å²) in [6, 6.07) is 0. The molecule has 0 bridgehead atoms. The summed E-state index contributed by atoms with van der Waals surface area (Å²) in [5.74, 6) is -0.851. The first-order valence-electron chi connectivity index (χ1n) is 21.0. The average Bonchev–Trinajstić information content (AvgIpc) is 3.84. The summed E-state index contributed by atoms with van der Waals surface area (Å²) in [6.45, 7) is 4.17. The number of nitrogens with zero attached hydrogens (tertiary/aromatic N) is 1. The Morgan fingerprint density at radius 2 is 1.23 bits per heavy atom. The van der Waals surface area contributed by atoms with E-state index in [9.17, 15) is 19.0 Å². The van der Waals surface area contributed by atoms with E-state index in [1.807, 2.05) is 21.1 Å². The summed E-state index contributed by atoms with van der Waals surface area (Å²) in [7, 11) is 1.15. The van der Waals surface area contributed by atoms with Crippen molar-refractivity contribution in [2.45, 2.75) is 193 Å². The van der Waals surface area contributed by atoms with E-state index in [0.29, 0.717) is 29.7 Å². The molecule has 0 spiro atoms. The van der Waals surface area contributed by atoms with Gasteiger partial charge < -0.3 is 32.6 Å². The van der Waals surface area contributed by atoms with Gasteiger partial charge in [-0.1, -0.05) is 135 Å². The van der Waals surface area contributed by atoms with E-state index in [0.717, 1.165) is 57.8 Å². The molecule has 4 atom stereocenters. The quantitative estimate of drug-likeness (QED) is 0.0152. The molecule has 11 heteroatoms. The van der Waals surface area contributed by atoms with Gasteiger partial charge in [0.2, 0.25) is 0 Å². The number of carbonyl (C=O) groups is 2. The van der Waals surface area contributed by atoms with Crippen LogP contribution in [0, 0.1) is 0 Å². The molecule has 0 amide bonds. The molecule has 0 aromatic heterocycles. The number of esters is 2. The molecule has 0 aliphatic carbocycles. The van der Waals surface area contributed by atoms with Crippen LogP contribution in [0.1, 0.15) is 174 Å². The highest BCUT2D eigenvalue weighted by atomic mass is 31.2. The minimum absolute atomic E-state index is 0.0336. The number of hydrogen-bond donors (Lipinski definition) is 0. The molecule has 52 heavy (non-hydrogen) atoms. The van der Waals surface area contributed by atoms with Gasteiger partial charge in [-0.25, -0.2) is 0 Å². The maximum atomic E-state index is 12.6. The number of quaternary nitrogens is 1. The van der Waals surface area contributed by atoms with Gasteiger partial charge in [0.05, 0.1) is 40.0 Å². The lowest BCUT2D eigenvalue weighted by molar-refractivity contribution is -0.870. The standard InChI is InChI=1S/C41H78NO9P/c1-6-8-10-11-12-13-14-15-16-20-23-27-31-40(43)47-35-37(36-49-52(45,46)48-34-33-42(3,4)5)50-41(44)32-28-24-21-18-17-19-22-26-30-39-38(51-39)29-25-9-7-2/h22,26,37-39H,6-21,23-25,27-36H2,1-5H3/b26-22-/t37-,38?,39?/m1/s1. The van der Waals surface area contributed by atoms with Gasteiger partial charge in [0.1, 0.15) is 19.8 Å². The number of phosphoric acid groups is 1. The predicted octanol–water partition coefficient (Wildman–Crippen LogP) is 9.77. The molecule has 1 aliphatic rings. The number of ether oxygens (including phenoxy) is 3. The van der Waals surface area contributed by atoms with Crippen LogP contribution in [0.25, 0.3) is 0 Å². The smallest absolute Gasteiger partial charge is 0.306 e. The lowest BCUT2D eigenvalue weighted by atomic mass is 10.0. The van der Waals surface area contributed by atoms with Crippen molar-refractivity contribution < 1.29 is 46.8 Å². The Bertz CT molecular complexity index is 970. The number of rotatable bonds is 37. The summed E-state index contributed by atoms with van der Waals surface area (Å²) in [5.41, 5.74) is 0. The molecule has 1 fully saturated rings. The molecule has 3 unspecified atom stereocenters. The minimum atomic E-state index is -4.62. The third-order valence-electron chi connectivity index (χ3n) is 9.46. The SMILES string of the molecule is CCCCCCCCCCCCCCC(=O)OC[C@H](COP(=O)([O-])OCC[N+](C)(C)C)OC(=O)CCCCCCC/C=C\CC1OC1CCCCC. The zero-order valence-corrected chi connectivity index (χ0v) is 34.9. The number of likely N-dealkylation sites (N-methyl/N-ethyl adjacent to an activating group) is 1. The molecule has 0 aromatic carbocycles. The highest BCUT2D eigenvalue weighted by Gasteiger charge is 2.36. The van der Waals surface area contributed by atoms with Crippen LogP contribution in [0.2, 0.25) is 0 Å². The molecule has 10 nitrogen and oxygen atoms in total. The molecule has 1 aliphatic heterocycles. The Morgan fingerprint density at radius 1 is 0.692 bits per heavy atom. The number of allylic oxidation sites excluding steroid dienone is 1. The summed E-state index contributed by atoms with van der Waals surface area (Å²) in [4.78, 5) is 37.4. The fraction of sp³-hybridized carbons (Fsp3) is 0.902. The van der Waals surface area contributed by atoms with Crippen molar-refractivity contribution in [3.05, 3.63) is 12.2 Å². The van der Waals surface area contributed by atoms with Crippen LogP contribution in [0.4, 0.5) is 0 Å². The third-order valence-corrected chi connectivity index (χ3v) is 10.4. The molecule has 0 saturated carbocycles. The van der Waals surface area contributed by atoms with Crippen LogP contribution in [0.15, 0.2) is 12.2 Å². The van der Waals surface area contributed by atoms with Crippen molar-refractivity contribution in [1.29, 1.82) is 0 Å². The van der Waals surface area contributed by atoms with E-state index in [1.54, 1.807) is 0 Å². The number of phosphoric ester groups is 1. The first kappa shape index (κ1) is 48.7. The van der Waals surface area contributed by atoms with Crippen molar-refractivity contribution in [2.24, 2.45) is 0 Å². The van der Waals surface area contributed by atoms with E-state index < -0.39 is 26.5 Å². The van der Waals surface area contributed by atoms with Crippen LogP contribution in [0.3, 0.4) is 0 Å². The van der Waals surface area contributed by atoms with Gasteiger partial charge in [-0.05, 0) is 38.5 Å². The third kappa shape index (κ3) is 31.1. The molecular weight excluding hydrogens is 681 g/mol. The van der Waals surface area contributed by atoms with Crippen LogP contribution in [-0.2, 0) is 37.4 Å². The lowest BCUT2D eigenvalue weighted by Crippen LogP contribution is -2.37. The van der Waals surface area contributed by atoms with Gasteiger partial charge in [-0.15, -0.1) is 0 Å². The molecule has 1 saturated heterocycles. The number of unbranched alkanes of at least 4 members (excludes halogenated alkanes) is 18. The van der Waals surface area contributed by atoms with Gasteiger partial charge >= 0.3 is 11.9 Å². The summed E-state index contributed by atoms with van der Waals surface area (Å²) < 4.78 is 39.6. The van der Waals surface area contributed by atoms with Crippen LogP contribution >= 0.6 is 7.82 Å². The maximum absolute atomic E-state index is 12.6. The van der Waals surface area contributed by atoms with Crippen LogP contribution < -0.4 is 4.89 Å². The van der Waals surface area contributed by atoms with E-state index in [-0.39, 0.29) is 32.0 Å². The summed E-state index contributed by atoms with van der Waals surface area (Å²) in [6.07, 6.45) is 31.2. The van der Waals surface area contributed by atoms with Crippen molar-refractivity contribution in [2.75, 3.05) is 47.5 Å². The largest absolute Gasteiger partial charge is 0.756 e. The first-order valence-corrected chi connectivity index (χ1v) is 22.5. The van der Waals surface area contributed by atoms with Crippen molar-refractivity contribution >= 4 is 19.8 Å². The maximum Gasteiger partial charge on any atom is 0.306 e. The number of hydrogen-bond acceptors (Lipinski definition) is 9. The highest BCUT2D eigenvalue weighted by Crippen LogP contribution is 2.38. The molecule has 0 aromatic rings. The second kappa shape index (κ2) is 31.0. The molecule has 0 N–H and O–H groups in total. The predicted molar refractivity (Wildman–Crippen MR) is 208 cm³/mol. The van der Waals surface area contributed by atoms with Gasteiger partial charge in [-0.2, -0.15) is 0 Å². The van der Waals surface area contributed by atoms with E-state index in [2.05, 4.69) is 26.0 Å². The Kier molecular flexibility index (Phi) is 29.0.